The van der Waals surface area contributed by atoms with Crippen LogP contribution < -0.4 is 10.2 Å². The van der Waals surface area contributed by atoms with Crippen LogP contribution in [0.2, 0.25) is 10.0 Å². The Balaban J connectivity index is 1.84. The second kappa shape index (κ2) is 9.22. The number of carbonyl (C=O) groups excluding carboxylic acids is 3. The van der Waals surface area contributed by atoms with E-state index < -0.39 is 35.2 Å². The third-order valence-corrected chi connectivity index (χ3v) is 7.26. The van der Waals surface area contributed by atoms with Crippen molar-refractivity contribution >= 4 is 46.8 Å². The fourth-order valence-corrected chi connectivity index (χ4v) is 5.82. The molecule has 2 aliphatic heterocycles. The van der Waals surface area contributed by atoms with Gasteiger partial charge in [-0.2, -0.15) is 0 Å². The van der Waals surface area contributed by atoms with Crippen molar-refractivity contribution in [1.82, 2.24) is 5.32 Å². The van der Waals surface area contributed by atoms with Gasteiger partial charge in [0.25, 0.3) is 0 Å². The second-order valence-corrected chi connectivity index (χ2v) is 9.61. The molecule has 0 bridgehead atoms. The number of imide groups is 1. The fourth-order valence-electron chi connectivity index (χ4n) is 5.45. The van der Waals surface area contributed by atoms with Crippen molar-refractivity contribution in [3.63, 3.8) is 0 Å². The van der Waals surface area contributed by atoms with Crippen LogP contribution in [-0.4, -0.2) is 24.5 Å². The molecule has 6 nitrogen and oxygen atoms in total. The van der Waals surface area contributed by atoms with Crippen LogP contribution in [0.25, 0.3) is 0 Å². The summed E-state index contributed by atoms with van der Waals surface area (Å²) < 4.78 is 19.6. The monoisotopic (exact) mass is 526 g/mol. The lowest BCUT2D eigenvalue weighted by atomic mass is 9.59. The Labute approximate surface area is 216 Å². The molecule has 36 heavy (non-hydrogen) atoms. The van der Waals surface area contributed by atoms with E-state index in [1.165, 1.54) is 24.3 Å². The average Bonchev–Trinajstić information content (AvgIpc) is 3.08. The van der Waals surface area contributed by atoms with Crippen molar-refractivity contribution in [2.75, 3.05) is 11.5 Å². The number of hydrogen-bond acceptors (Lipinski definition) is 4. The lowest BCUT2D eigenvalue weighted by Crippen LogP contribution is -2.58. The number of nitrogens with one attached hydrogen (secondary N) is 1. The Morgan fingerprint density at radius 1 is 1.06 bits per heavy atom. The summed E-state index contributed by atoms with van der Waals surface area (Å²) >= 11 is 12.6. The number of fused-ring (bicyclic) bond motifs is 2. The van der Waals surface area contributed by atoms with Crippen molar-refractivity contribution in [2.24, 2.45) is 0 Å². The fraction of sp³-hybridized carbons (Fsp3) is 0.222. The van der Waals surface area contributed by atoms with E-state index in [1.54, 1.807) is 49.4 Å². The molecule has 2 aliphatic rings. The molecule has 1 N–H and O–H groups in total. The van der Waals surface area contributed by atoms with E-state index in [0.717, 1.165) is 4.90 Å². The van der Waals surface area contributed by atoms with Gasteiger partial charge in [0.2, 0.25) is 11.8 Å². The summed E-state index contributed by atoms with van der Waals surface area (Å²) in [4.78, 5) is 41.6. The van der Waals surface area contributed by atoms with Gasteiger partial charge >= 0.3 is 6.09 Å². The number of rotatable bonds is 3. The minimum absolute atomic E-state index is 0.0489. The number of ether oxygens (including phenoxy) is 1. The molecule has 3 aromatic rings. The molecule has 1 saturated heterocycles. The van der Waals surface area contributed by atoms with Gasteiger partial charge in [-0.1, -0.05) is 53.5 Å². The summed E-state index contributed by atoms with van der Waals surface area (Å²) in [6.07, 6.45) is -0.918. The largest absolute Gasteiger partial charge is 0.449 e. The summed E-state index contributed by atoms with van der Waals surface area (Å²) in [5, 5.41) is 3.66. The van der Waals surface area contributed by atoms with Gasteiger partial charge in [0.1, 0.15) is 11.2 Å². The summed E-state index contributed by atoms with van der Waals surface area (Å²) in [5.41, 5.74) is 0.243. The Kier molecular flexibility index (Phi) is 6.22. The highest BCUT2D eigenvalue weighted by Crippen LogP contribution is 2.59. The number of nitrogens with zero attached hydrogens (tertiary/aromatic N) is 1. The molecule has 0 radical (unpaired) electrons. The maximum atomic E-state index is 14.5. The van der Waals surface area contributed by atoms with Crippen LogP contribution in [0.1, 0.15) is 42.0 Å². The van der Waals surface area contributed by atoms with Crippen LogP contribution in [-0.2, 0) is 19.7 Å². The first-order valence-corrected chi connectivity index (χ1v) is 12.1. The van der Waals surface area contributed by atoms with Crippen LogP contribution in [0.15, 0.2) is 66.7 Å². The highest BCUT2D eigenvalue weighted by Gasteiger charge is 2.64. The average molecular weight is 527 g/mol. The van der Waals surface area contributed by atoms with Gasteiger partial charge in [0.05, 0.1) is 18.3 Å². The highest BCUT2D eigenvalue weighted by atomic mass is 35.5. The number of anilines is 1. The van der Waals surface area contributed by atoms with Crippen LogP contribution in [0, 0.1) is 5.82 Å². The zero-order valence-corrected chi connectivity index (χ0v) is 20.6. The number of carbonyl (C=O) groups is 3. The molecule has 3 amide bonds. The van der Waals surface area contributed by atoms with Gasteiger partial charge in [-0.3, -0.25) is 9.59 Å². The Bertz CT molecular complexity index is 1340. The van der Waals surface area contributed by atoms with E-state index in [-0.39, 0.29) is 24.6 Å². The van der Waals surface area contributed by atoms with E-state index in [0.29, 0.717) is 26.7 Å². The lowest BCUT2D eigenvalue weighted by molar-refractivity contribution is -0.132. The minimum Gasteiger partial charge on any atom is -0.449 e. The molecule has 3 aromatic carbocycles. The van der Waals surface area contributed by atoms with Crippen LogP contribution in [0.3, 0.4) is 0 Å². The van der Waals surface area contributed by atoms with Crippen molar-refractivity contribution in [1.29, 1.82) is 0 Å². The number of amides is 3. The topological polar surface area (TPSA) is 75.7 Å². The smallest absolute Gasteiger partial charge is 0.421 e. The predicted octanol–water partition coefficient (Wildman–Crippen LogP) is 5.92. The van der Waals surface area contributed by atoms with Crippen LogP contribution in [0.4, 0.5) is 14.9 Å². The van der Waals surface area contributed by atoms with E-state index in [2.05, 4.69) is 5.32 Å². The van der Waals surface area contributed by atoms with Gasteiger partial charge in [-0.05, 0) is 60.0 Å². The molecule has 3 atom stereocenters. The predicted molar refractivity (Wildman–Crippen MR) is 134 cm³/mol. The third kappa shape index (κ3) is 3.74. The molecule has 1 spiro atoms. The normalized spacial score (nSPS) is 22.9. The summed E-state index contributed by atoms with van der Waals surface area (Å²) in [6, 6.07) is 16.5. The minimum atomic E-state index is -1.51. The first kappa shape index (κ1) is 24.3. The Morgan fingerprint density at radius 2 is 1.78 bits per heavy atom. The molecule has 9 heteroatoms. The Morgan fingerprint density at radius 3 is 2.50 bits per heavy atom. The van der Waals surface area contributed by atoms with E-state index in [9.17, 15) is 18.8 Å². The number of benzene rings is 3. The van der Waals surface area contributed by atoms with Crippen molar-refractivity contribution in [3.8, 4) is 0 Å². The van der Waals surface area contributed by atoms with Crippen molar-refractivity contribution in [3.05, 3.63) is 99.3 Å². The van der Waals surface area contributed by atoms with Gasteiger partial charge in [-0.25, -0.2) is 14.1 Å². The van der Waals surface area contributed by atoms with Crippen molar-refractivity contribution < 1.29 is 23.5 Å². The third-order valence-electron chi connectivity index (χ3n) is 6.79. The molecule has 0 saturated carbocycles. The summed E-state index contributed by atoms with van der Waals surface area (Å²) in [5.74, 6) is -2.17. The first-order valence-electron chi connectivity index (χ1n) is 11.4. The zero-order valence-electron chi connectivity index (χ0n) is 19.1. The number of hydrogen-bond donors (Lipinski definition) is 1. The lowest BCUT2D eigenvalue weighted by Gasteiger charge is -2.46. The van der Waals surface area contributed by atoms with Gasteiger partial charge in [0.15, 0.2) is 0 Å². The van der Waals surface area contributed by atoms with Crippen molar-refractivity contribution in [2.45, 2.75) is 30.7 Å². The zero-order chi connectivity index (χ0) is 25.6. The molecule has 1 fully saturated rings. The van der Waals surface area contributed by atoms with Gasteiger partial charge in [0, 0.05) is 22.4 Å². The highest BCUT2D eigenvalue weighted by molar-refractivity contribution is 6.32. The number of halogens is 3. The van der Waals surface area contributed by atoms with E-state index in [1.807, 2.05) is 0 Å². The molecular formula is C27H21Cl2FN2O4. The van der Waals surface area contributed by atoms with Crippen LogP contribution in [0.5, 0.6) is 0 Å². The van der Waals surface area contributed by atoms with Gasteiger partial charge in [-0.15, -0.1) is 0 Å². The number of piperidine rings is 1. The molecule has 0 aliphatic carbocycles. The molecular weight excluding hydrogens is 506 g/mol. The Hall–Kier alpha value is -3.42. The maximum absolute atomic E-state index is 14.5. The standard InChI is InChI=1S/C27H21Cl2FN2O4/c1-2-36-26(35)32-22-13-18(29)9-10-20(22)27(25(32)34)21(15-5-3-7-17(28)11-15)14-23(33)31-24(27)16-6-4-8-19(30)12-16/h3-13,21,24H,2,14H2,1H3,(H,31,33)/t21-,24?,27?/m0/s1. The van der Waals surface area contributed by atoms with E-state index >= 15 is 0 Å². The first-order chi connectivity index (χ1) is 17.3. The molecule has 0 aromatic heterocycles. The van der Waals surface area contributed by atoms with Gasteiger partial charge < -0.3 is 10.1 Å². The van der Waals surface area contributed by atoms with Crippen LogP contribution >= 0.6 is 23.2 Å². The quantitative estimate of drug-likeness (QED) is 0.459. The summed E-state index contributed by atoms with van der Waals surface area (Å²) in [7, 11) is 0. The molecule has 5 rings (SSSR count). The molecule has 2 unspecified atom stereocenters. The molecule has 2 heterocycles. The van der Waals surface area contributed by atoms with E-state index in [4.69, 9.17) is 27.9 Å². The SMILES string of the molecule is CCOC(=O)N1C(=O)C2(c3ccc(Cl)cc31)C(c1cccc(F)c1)NC(=O)C[C@H]2c1cccc(Cl)c1. The second-order valence-electron chi connectivity index (χ2n) is 8.74. The molecule has 184 valence electrons. The maximum Gasteiger partial charge on any atom is 0.421 e. The summed E-state index contributed by atoms with van der Waals surface area (Å²) in [6.45, 7) is 1.69.